The van der Waals surface area contributed by atoms with E-state index in [1.54, 1.807) is 31.4 Å². The summed E-state index contributed by atoms with van der Waals surface area (Å²) < 4.78 is 5.15. The summed E-state index contributed by atoms with van der Waals surface area (Å²) in [6, 6.07) is 8.92. The summed E-state index contributed by atoms with van der Waals surface area (Å²) in [7, 11) is 1.65. The van der Waals surface area contributed by atoms with Crippen molar-refractivity contribution in [2.75, 3.05) is 25.6 Å². The predicted octanol–water partition coefficient (Wildman–Crippen LogP) is 2.24. The van der Waals surface area contributed by atoms with E-state index in [2.05, 4.69) is 16.3 Å². The van der Waals surface area contributed by atoms with Crippen LogP contribution in [0.1, 0.15) is 26.3 Å². The number of para-hydroxylation sites is 1. The molecule has 0 aliphatic carbocycles. The van der Waals surface area contributed by atoms with E-state index in [1.807, 2.05) is 20.8 Å². The normalized spacial score (nSPS) is 13.5. The van der Waals surface area contributed by atoms with Crippen LogP contribution in [0.4, 0.5) is 5.69 Å². The van der Waals surface area contributed by atoms with Gasteiger partial charge in [0.05, 0.1) is 23.9 Å². The maximum Gasteiger partial charge on any atom is 0.241 e. The van der Waals surface area contributed by atoms with Crippen molar-refractivity contribution in [3.05, 3.63) is 29.8 Å². The smallest absolute Gasteiger partial charge is 0.241 e. The fourth-order valence-corrected chi connectivity index (χ4v) is 2.38. The van der Waals surface area contributed by atoms with Crippen LogP contribution in [0.2, 0.25) is 0 Å². The number of ether oxygens (including phenoxy) is 1. The third kappa shape index (κ3) is 4.55. The molecule has 0 bridgehead atoms. The topological polar surface area (TPSA) is 65.4 Å². The molecule has 1 rings (SSSR count). The zero-order chi connectivity index (χ0) is 15.8. The first-order valence-electron chi connectivity index (χ1n) is 7.09. The van der Waals surface area contributed by atoms with Crippen molar-refractivity contribution in [1.82, 2.24) is 4.90 Å². The van der Waals surface area contributed by atoms with Gasteiger partial charge in [-0.15, -0.1) is 0 Å². The molecule has 0 fully saturated rings. The van der Waals surface area contributed by atoms with Crippen molar-refractivity contribution < 1.29 is 9.53 Å². The molecule has 0 aliphatic heterocycles. The molecule has 0 heterocycles. The lowest BCUT2D eigenvalue weighted by molar-refractivity contribution is -0.121. The van der Waals surface area contributed by atoms with Crippen LogP contribution in [0.15, 0.2) is 24.3 Å². The van der Waals surface area contributed by atoms with Crippen molar-refractivity contribution in [2.45, 2.75) is 32.9 Å². The number of nitrogens with one attached hydrogen (secondary N) is 1. The van der Waals surface area contributed by atoms with Crippen LogP contribution in [0.25, 0.3) is 0 Å². The van der Waals surface area contributed by atoms with Crippen LogP contribution in [0.3, 0.4) is 0 Å². The Labute approximate surface area is 126 Å². The molecule has 21 heavy (non-hydrogen) atoms. The van der Waals surface area contributed by atoms with Crippen molar-refractivity contribution in [1.29, 1.82) is 5.26 Å². The van der Waals surface area contributed by atoms with Gasteiger partial charge in [-0.3, -0.25) is 9.69 Å². The Kier molecular flexibility index (Phi) is 6.86. The highest BCUT2D eigenvalue weighted by atomic mass is 16.5. The number of methoxy groups -OCH3 is 1. The molecule has 1 amide bonds. The summed E-state index contributed by atoms with van der Waals surface area (Å²) in [6.07, 6.45) is 0. The maximum atomic E-state index is 12.4. The number of carbonyl (C=O) groups excluding carboxylic acids is 1. The van der Waals surface area contributed by atoms with Gasteiger partial charge >= 0.3 is 0 Å². The van der Waals surface area contributed by atoms with Gasteiger partial charge in [0.1, 0.15) is 6.07 Å². The van der Waals surface area contributed by atoms with Gasteiger partial charge in [0.2, 0.25) is 5.91 Å². The number of likely N-dealkylation sites (N-methyl/N-ethyl adjacent to an activating group) is 1. The van der Waals surface area contributed by atoms with E-state index in [0.717, 1.165) is 6.54 Å². The van der Waals surface area contributed by atoms with Crippen LogP contribution in [-0.2, 0) is 9.53 Å². The lowest BCUT2D eigenvalue weighted by atomic mass is 10.1. The Balaban J connectivity index is 2.80. The third-order valence-electron chi connectivity index (χ3n) is 3.52. The third-order valence-corrected chi connectivity index (χ3v) is 3.52. The molecule has 0 saturated heterocycles. The Morgan fingerprint density at radius 3 is 2.67 bits per heavy atom. The summed E-state index contributed by atoms with van der Waals surface area (Å²) in [5.41, 5.74) is 1.01. The number of rotatable bonds is 7. The molecule has 0 spiro atoms. The zero-order valence-electron chi connectivity index (χ0n) is 13.1. The van der Waals surface area contributed by atoms with Crippen molar-refractivity contribution in [3.63, 3.8) is 0 Å². The number of nitriles is 1. The molecule has 1 aromatic rings. The SMILES string of the molecule is CCN(C(C)COC)C(C)C(=O)Nc1ccccc1C#N. The number of nitrogens with zero attached hydrogens (tertiary/aromatic N) is 2. The summed E-state index contributed by atoms with van der Waals surface area (Å²) in [5.74, 6) is -0.123. The van der Waals surface area contributed by atoms with Crippen LogP contribution in [-0.4, -0.2) is 43.2 Å². The Morgan fingerprint density at radius 1 is 1.43 bits per heavy atom. The average Bonchev–Trinajstić information content (AvgIpc) is 2.48. The molecular formula is C16H23N3O2. The van der Waals surface area contributed by atoms with Crippen molar-refractivity contribution >= 4 is 11.6 Å². The summed E-state index contributed by atoms with van der Waals surface area (Å²) in [6.45, 7) is 7.22. The monoisotopic (exact) mass is 289 g/mol. The van der Waals surface area contributed by atoms with Gasteiger partial charge in [-0.25, -0.2) is 0 Å². The highest BCUT2D eigenvalue weighted by Gasteiger charge is 2.24. The molecule has 2 unspecified atom stereocenters. The lowest BCUT2D eigenvalue weighted by Gasteiger charge is -2.32. The highest BCUT2D eigenvalue weighted by molar-refractivity contribution is 5.95. The quantitative estimate of drug-likeness (QED) is 0.836. The van der Waals surface area contributed by atoms with E-state index in [9.17, 15) is 4.79 Å². The van der Waals surface area contributed by atoms with Crippen molar-refractivity contribution in [2.24, 2.45) is 0 Å². The highest BCUT2D eigenvalue weighted by Crippen LogP contribution is 2.15. The van der Waals surface area contributed by atoms with E-state index in [-0.39, 0.29) is 18.0 Å². The van der Waals surface area contributed by atoms with Gasteiger partial charge in [0.15, 0.2) is 0 Å². The minimum absolute atomic E-state index is 0.123. The Hall–Kier alpha value is -1.90. The second-order valence-electron chi connectivity index (χ2n) is 4.96. The lowest BCUT2D eigenvalue weighted by Crippen LogP contribution is -2.48. The maximum absolute atomic E-state index is 12.4. The van der Waals surface area contributed by atoms with Gasteiger partial charge < -0.3 is 10.1 Å². The largest absolute Gasteiger partial charge is 0.383 e. The molecule has 2 atom stereocenters. The zero-order valence-corrected chi connectivity index (χ0v) is 13.1. The van der Waals surface area contributed by atoms with E-state index < -0.39 is 0 Å². The van der Waals surface area contributed by atoms with E-state index in [1.165, 1.54) is 0 Å². The molecule has 1 aromatic carbocycles. The van der Waals surface area contributed by atoms with Crippen LogP contribution >= 0.6 is 0 Å². The molecular weight excluding hydrogens is 266 g/mol. The minimum Gasteiger partial charge on any atom is -0.383 e. The molecule has 0 aliphatic rings. The summed E-state index contributed by atoms with van der Waals surface area (Å²) >= 11 is 0. The first kappa shape index (κ1) is 17.2. The first-order chi connectivity index (χ1) is 10.0. The summed E-state index contributed by atoms with van der Waals surface area (Å²) in [5, 5.41) is 11.9. The van der Waals surface area contributed by atoms with Crippen LogP contribution in [0.5, 0.6) is 0 Å². The molecule has 0 aromatic heterocycles. The van der Waals surface area contributed by atoms with E-state index in [0.29, 0.717) is 17.9 Å². The van der Waals surface area contributed by atoms with E-state index >= 15 is 0 Å². The molecule has 1 N–H and O–H groups in total. The fraction of sp³-hybridized carbons (Fsp3) is 0.500. The number of anilines is 1. The number of benzene rings is 1. The minimum atomic E-state index is -0.299. The van der Waals surface area contributed by atoms with E-state index in [4.69, 9.17) is 10.00 Å². The molecule has 114 valence electrons. The number of hydrogen-bond donors (Lipinski definition) is 1. The van der Waals surface area contributed by atoms with Gasteiger partial charge in [0, 0.05) is 13.2 Å². The summed E-state index contributed by atoms with van der Waals surface area (Å²) in [4.78, 5) is 14.4. The number of hydrogen-bond acceptors (Lipinski definition) is 4. The Bertz CT molecular complexity index is 510. The Morgan fingerprint density at radius 2 is 2.10 bits per heavy atom. The van der Waals surface area contributed by atoms with Crippen molar-refractivity contribution in [3.8, 4) is 6.07 Å². The second-order valence-corrected chi connectivity index (χ2v) is 4.96. The molecule has 5 nitrogen and oxygen atoms in total. The van der Waals surface area contributed by atoms with Gasteiger partial charge in [-0.1, -0.05) is 19.1 Å². The van der Waals surface area contributed by atoms with Gasteiger partial charge in [-0.05, 0) is 32.5 Å². The number of carbonyl (C=O) groups is 1. The van der Waals surface area contributed by atoms with Gasteiger partial charge in [0.25, 0.3) is 0 Å². The first-order valence-corrected chi connectivity index (χ1v) is 7.09. The number of amides is 1. The fourth-order valence-electron chi connectivity index (χ4n) is 2.38. The molecule has 0 saturated carbocycles. The second kappa shape index (κ2) is 8.40. The predicted molar refractivity (Wildman–Crippen MR) is 83.0 cm³/mol. The molecule has 5 heteroatoms. The molecule has 0 radical (unpaired) electrons. The van der Waals surface area contributed by atoms with Gasteiger partial charge in [-0.2, -0.15) is 5.26 Å². The standard InChI is InChI=1S/C16H23N3O2/c1-5-19(12(2)11-21-4)13(3)16(20)18-15-9-7-6-8-14(15)10-17/h6-9,12-13H,5,11H2,1-4H3,(H,18,20). The van der Waals surface area contributed by atoms with Crippen LogP contribution < -0.4 is 5.32 Å². The van der Waals surface area contributed by atoms with Crippen LogP contribution in [0, 0.1) is 11.3 Å². The average molecular weight is 289 g/mol.